The Morgan fingerprint density at radius 2 is 1.82 bits per heavy atom. The second-order valence-electron chi connectivity index (χ2n) is 5.67. The molecule has 0 spiro atoms. The summed E-state index contributed by atoms with van der Waals surface area (Å²) in [7, 11) is -1.55. The van der Waals surface area contributed by atoms with Crippen LogP contribution in [0.3, 0.4) is 0 Å². The highest BCUT2D eigenvalue weighted by molar-refractivity contribution is 7.89. The number of hydroxylamine groups is 1. The molecule has 150 valence electrons. The fourth-order valence-corrected chi connectivity index (χ4v) is 3.14. The van der Waals surface area contributed by atoms with Crippen LogP contribution in [-0.4, -0.2) is 45.0 Å². The van der Waals surface area contributed by atoms with Crippen molar-refractivity contribution in [1.82, 2.24) is 4.47 Å². The second kappa shape index (κ2) is 8.91. The van der Waals surface area contributed by atoms with Crippen LogP contribution < -0.4 is 5.32 Å². The van der Waals surface area contributed by atoms with Crippen molar-refractivity contribution >= 4 is 27.6 Å². The number of anilines is 1. The first-order valence-corrected chi connectivity index (χ1v) is 9.49. The molecule has 1 atom stereocenters. The van der Waals surface area contributed by atoms with E-state index in [2.05, 4.69) is 10.2 Å². The third kappa shape index (κ3) is 5.12. The highest BCUT2D eigenvalue weighted by Gasteiger charge is 2.24. The van der Waals surface area contributed by atoms with E-state index in [9.17, 15) is 22.4 Å². The Morgan fingerprint density at radius 3 is 2.46 bits per heavy atom. The second-order valence-corrected chi connectivity index (χ2v) is 7.61. The van der Waals surface area contributed by atoms with Crippen molar-refractivity contribution in [2.45, 2.75) is 17.9 Å². The number of benzene rings is 2. The summed E-state index contributed by atoms with van der Waals surface area (Å²) in [6.07, 6.45) is -1.20. The molecule has 0 unspecified atom stereocenters. The van der Waals surface area contributed by atoms with Crippen molar-refractivity contribution in [3.8, 4) is 0 Å². The number of halogens is 1. The van der Waals surface area contributed by atoms with E-state index in [4.69, 9.17) is 4.74 Å². The van der Waals surface area contributed by atoms with Crippen molar-refractivity contribution in [1.29, 1.82) is 0 Å². The summed E-state index contributed by atoms with van der Waals surface area (Å²) in [6.45, 7) is 1.34. The third-order valence-corrected chi connectivity index (χ3v) is 5.38. The van der Waals surface area contributed by atoms with Gasteiger partial charge in [0.2, 0.25) is 0 Å². The van der Waals surface area contributed by atoms with Gasteiger partial charge in [-0.2, -0.15) is 0 Å². The molecule has 0 aliphatic heterocycles. The topological polar surface area (TPSA) is 102 Å². The molecule has 1 amide bonds. The van der Waals surface area contributed by atoms with E-state index in [0.29, 0.717) is 4.47 Å². The molecule has 0 saturated carbocycles. The summed E-state index contributed by atoms with van der Waals surface area (Å²) < 4.78 is 43.4. The highest BCUT2D eigenvalue weighted by Crippen LogP contribution is 2.17. The van der Waals surface area contributed by atoms with Crippen molar-refractivity contribution in [2.24, 2.45) is 0 Å². The lowest BCUT2D eigenvalue weighted by Crippen LogP contribution is -2.30. The lowest BCUT2D eigenvalue weighted by Gasteiger charge is -2.16. The number of hydrogen-bond donors (Lipinski definition) is 1. The SMILES string of the molecule is CON(C)S(=O)(=O)c1cccc(C(=O)O[C@@H](C)C(=O)Nc2cccc(F)c2)c1. The zero-order valence-corrected chi connectivity index (χ0v) is 16.2. The van der Waals surface area contributed by atoms with Gasteiger partial charge in [0.05, 0.1) is 17.6 Å². The maximum atomic E-state index is 13.2. The van der Waals surface area contributed by atoms with Crippen LogP contribution in [0.5, 0.6) is 0 Å². The predicted octanol–water partition coefficient (Wildman–Crippen LogP) is 2.19. The number of nitrogens with one attached hydrogen (secondary N) is 1. The van der Waals surface area contributed by atoms with Crippen LogP contribution >= 0.6 is 0 Å². The molecule has 2 aromatic carbocycles. The maximum absolute atomic E-state index is 13.2. The monoisotopic (exact) mass is 410 g/mol. The van der Waals surface area contributed by atoms with Gasteiger partial charge in [0.25, 0.3) is 15.9 Å². The molecule has 2 aromatic rings. The summed E-state index contributed by atoms with van der Waals surface area (Å²) >= 11 is 0. The summed E-state index contributed by atoms with van der Waals surface area (Å²) in [6, 6.07) is 10.4. The number of hydrogen-bond acceptors (Lipinski definition) is 6. The average molecular weight is 410 g/mol. The van der Waals surface area contributed by atoms with Gasteiger partial charge in [-0.1, -0.05) is 16.6 Å². The van der Waals surface area contributed by atoms with Gasteiger partial charge in [0.1, 0.15) is 5.82 Å². The molecule has 28 heavy (non-hydrogen) atoms. The zero-order chi connectivity index (χ0) is 20.9. The lowest BCUT2D eigenvalue weighted by atomic mass is 10.2. The Kier molecular flexibility index (Phi) is 6.84. The molecular weight excluding hydrogens is 391 g/mol. The van der Waals surface area contributed by atoms with Crippen molar-refractivity contribution in [3.05, 3.63) is 59.9 Å². The van der Waals surface area contributed by atoms with Crippen LogP contribution in [0.2, 0.25) is 0 Å². The fourth-order valence-electron chi connectivity index (χ4n) is 2.12. The quantitative estimate of drug-likeness (QED) is 0.555. The van der Waals surface area contributed by atoms with Crippen LogP contribution in [0.25, 0.3) is 0 Å². The lowest BCUT2D eigenvalue weighted by molar-refractivity contribution is -0.123. The fraction of sp³-hybridized carbons (Fsp3) is 0.222. The van der Waals surface area contributed by atoms with Crippen LogP contribution in [0.1, 0.15) is 17.3 Å². The van der Waals surface area contributed by atoms with E-state index >= 15 is 0 Å². The number of sulfonamides is 1. The van der Waals surface area contributed by atoms with Crippen LogP contribution in [-0.2, 0) is 24.4 Å². The van der Waals surface area contributed by atoms with Crippen molar-refractivity contribution in [2.75, 3.05) is 19.5 Å². The molecule has 8 nitrogen and oxygen atoms in total. The smallest absolute Gasteiger partial charge is 0.338 e. The Hall–Kier alpha value is -2.82. The summed E-state index contributed by atoms with van der Waals surface area (Å²) in [5.41, 5.74) is 0.152. The van der Waals surface area contributed by atoms with Gasteiger partial charge < -0.3 is 10.1 Å². The molecule has 0 radical (unpaired) electrons. The van der Waals surface area contributed by atoms with E-state index in [-0.39, 0.29) is 16.1 Å². The van der Waals surface area contributed by atoms with Crippen LogP contribution in [0.4, 0.5) is 10.1 Å². The van der Waals surface area contributed by atoms with Gasteiger partial charge in [-0.25, -0.2) is 17.6 Å². The maximum Gasteiger partial charge on any atom is 0.338 e. The molecule has 0 aliphatic carbocycles. The average Bonchev–Trinajstić information content (AvgIpc) is 2.67. The molecule has 0 heterocycles. The molecule has 0 aromatic heterocycles. The molecule has 0 aliphatic rings. The number of esters is 1. The Morgan fingerprint density at radius 1 is 1.14 bits per heavy atom. The number of amides is 1. The Labute approximate surface area is 161 Å². The van der Waals surface area contributed by atoms with Gasteiger partial charge in [0.15, 0.2) is 6.10 Å². The summed E-state index contributed by atoms with van der Waals surface area (Å²) in [5.74, 6) is -2.08. The van der Waals surface area contributed by atoms with Crippen LogP contribution in [0.15, 0.2) is 53.4 Å². The van der Waals surface area contributed by atoms with E-state index in [1.54, 1.807) is 0 Å². The molecule has 0 fully saturated rings. The Bertz CT molecular complexity index is 980. The third-order valence-electron chi connectivity index (χ3n) is 3.71. The van der Waals surface area contributed by atoms with Crippen molar-refractivity contribution in [3.63, 3.8) is 0 Å². The molecule has 1 N–H and O–H groups in total. The molecular formula is C18H19FN2O6S. The number of carbonyl (C=O) groups is 2. The van der Waals surface area contributed by atoms with Gasteiger partial charge in [-0.3, -0.25) is 9.63 Å². The number of nitrogens with zero attached hydrogens (tertiary/aromatic N) is 1. The predicted molar refractivity (Wildman–Crippen MR) is 98.3 cm³/mol. The van der Waals surface area contributed by atoms with E-state index in [1.165, 1.54) is 57.5 Å². The van der Waals surface area contributed by atoms with E-state index < -0.39 is 33.8 Å². The van der Waals surface area contributed by atoms with Gasteiger partial charge in [0, 0.05) is 12.7 Å². The van der Waals surface area contributed by atoms with Gasteiger partial charge in [-0.05, 0) is 43.3 Å². The normalized spacial score (nSPS) is 12.5. The van der Waals surface area contributed by atoms with Gasteiger partial charge in [-0.15, -0.1) is 0 Å². The first-order chi connectivity index (χ1) is 13.1. The van der Waals surface area contributed by atoms with E-state index in [0.717, 1.165) is 12.1 Å². The molecule has 2 rings (SSSR count). The minimum atomic E-state index is -3.95. The minimum absolute atomic E-state index is 0.0593. The zero-order valence-electron chi connectivity index (χ0n) is 15.4. The number of rotatable bonds is 7. The Balaban J connectivity index is 2.10. The largest absolute Gasteiger partial charge is 0.449 e. The number of carbonyl (C=O) groups excluding carboxylic acids is 2. The standard InChI is InChI=1S/C18H19FN2O6S/c1-12(17(22)20-15-8-5-7-14(19)11-15)27-18(23)13-6-4-9-16(10-13)28(24,25)21(2)26-3/h4-12H,1-3H3,(H,20,22)/t12-/m0/s1. The van der Waals surface area contributed by atoms with Crippen LogP contribution in [0, 0.1) is 5.82 Å². The minimum Gasteiger partial charge on any atom is -0.449 e. The molecule has 0 bridgehead atoms. The molecule has 0 saturated heterocycles. The van der Waals surface area contributed by atoms with Crippen molar-refractivity contribution < 1.29 is 32.0 Å². The van der Waals surface area contributed by atoms with E-state index in [1.807, 2.05) is 0 Å². The summed E-state index contributed by atoms with van der Waals surface area (Å²) in [4.78, 5) is 28.9. The first kappa shape index (κ1) is 21.5. The first-order valence-electron chi connectivity index (χ1n) is 8.05. The molecule has 10 heteroatoms. The summed E-state index contributed by atoms with van der Waals surface area (Å²) in [5, 5.41) is 2.42. The highest BCUT2D eigenvalue weighted by atomic mass is 32.2. The number of ether oxygens (including phenoxy) is 1. The van der Waals surface area contributed by atoms with Gasteiger partial charge >= 0.3 is 5.97 Å².